The van der Waals surface area contributed by atoms with Crippen LogP contribution in [0.2, 0.25) is 0 Å². The molecule has 2 aromatic carbocycles. The van der Waals surface area contributed by atoms with Crippen molar-refractivity contribution < 1.29 is 28.1 Å². The Hall–Kier alpha value is -2.57. The van der Waals surface area contributed by atoms with Gasteiger partial charge in [0, 0.05) is 29.9 Å². The van der Waals surface area contributed by atoms with Crippen LogP contribution in [0, 0.1) is 0 Å². The van der Waals surface area contributed by atoms with Gasteiger partial charge in [-0.2, -0.15) is 0 Å². The Morgan fingerprint density at radius 1 is 1.05 bits per heavy atom. The minimum absolute atomic E-state index is 0.0724. The molecule has 0 aromatic heterocycles. The van der Waals surface area contributed by atoms with E-state index in [0.29, 0.717) is 11.3 Å². The predicted octanol–water partition coefficient (Wildman–Crippen LogP) is 3.61. The number of alkyl halides is 3. The van der Waals surface area contributed by atoms with Crippen molar-refractivity contribution in [3.8, 4) is 17.2 Å². The number of phenols is 2. The molecule has 0 bridgehead atoms. The number of aromatic hydroxyl groups is 2. The Balaban J connectivity index is 2.05. The zero-order valence-electron chi connectivity index (χ0n) is 10.7. The van der Waals surface area contributed by atoms with Gasteiger partial charge in [0.25, 0.3) is 0 Å². The topological polar surface area (TPSA) is 61.7 Å². The van der Waals surface area contributed by atoms with Crippen molar-refractivity contribution >= 4 is 5.69 Å². The number of ether oxygens (including phenoxy) is 1. The van der Waals surface area contributed by atoms with Crippen molar-refractivity contribution in [2.75, 3.05) is 5.32 Å². The molecule has 112 valence electrons. The molecule has 0 atom stereocenters. The Morgan fingerprint density at radius 2 is 1.81 bits per heavy atom. The fraction of sp³-hybridized carbons (Fsp3) is 0.143. The van der Waals surface area contributed by atoms with Crippen molar-refractivity contribution in [1.29, 1.82) is 0 Å². The SMILES string of the molecule is Oc1ccc(CNc2cccc(OC(F)(F)F)c2)c(O)c1. The van der Waals surface area contributed by atoms with E-state index in [4.69, 9.17) is 5.11 Å². The molecule has 4 nitrogen and oxygen atoms in total. The van der Waals surface area contributed by atoms with Crippen LogP contribution in [0.5, 0.6) is 17.2 Å². The minimum atomic E-state index is -4.74. The highest BCUT2D eigenvalue weighted by atomic mass is 19.4. The number of nitrogens with one attached hydrogen (secondary N) is 1. The number of rotatable bonds is 4. The summed E-state index contributed by atoms with van der Waals surface area (Å²) in [6.07, 6.45) is -4.74. The molecule has 21 heavy (non-hydrogen) atoms. The molecule has 2 aromatic rings. The first-order valence-corrected chi connectivity index (χ1v) is 5.94. The maximum absolute atomic E-state index is 12.1. The van der Waals surface area contributed by atoms with Gasteiger partial charge in [0.2, 0.25) is 0 Å². The zero-order chi connectivity index (χ0) is 15.5. The quantitative estimate of drug-likeness (QED) is 0.807. The number of hydrogen-bond donors (Lipinski definition) is 3. The van der Waals surface area contributed by atoms with Gasteiger partial charge in [-0.05, 0) is 24.3 Å². The lowest BCUT2D eigenvalue weighted by atomic mass is 10.2. The van der Waals surface area contributed by atoms with E-state index in [1.807, 2.05) is 0 Å². The lowest BCUT2D eigenvalue weighted by Gasteiger charge is -2.12. The molecule has 2 rings (SSSR count). The van der Waals surface area contributed by atoms with Crippen LogP contribution in [0.3, 0.4) is 0 Å². The average molecular weight is 299 g/mol. The second-order valence-electron chi connectivity index (χ2n) is 4.24. The third-order valence-electron chi connectivity index (χ3n) is 2.62. The number of anilines is 1. The predicted molar refractivity (Wildman–Crippen MR) is 70.2 cm³/mol. The summed E-state index contributed by atoms with van der Waals surface area (Å²) in [6.45, 7) is 0.182. The first-order chi connectivity index (χ1) is 9.83. The van der Waals surface area contributed by atoms with Crippen LogP contribution >= 0.6 is 0 Å². The van der Waals surface area contributed by atoms with Crippen molar-refractivity contribution in [3.05, 3.63) is 48.0 Å². The van der Waals surface area contributed by atoms with Gasteiger partial charge in [-0.15, -0.1) is 13.2 Å². The van der Waals surface area contributed by atoms with Crippen LogP contribution in [-0.4, -0.2) is 16.6 Å². The number of halogens is 3. The average Bonchev–Trinajstić information content (AvgIpc) is 2.36. The standard InChI is InChI=1S/C14H12F3NO3/c15-14(16,17)21-12-3-1-2-10(6-12)18-8-9-4-5-11(19)7-13(9)20/h1-7,18-20H,8H2. The van der Waals surface area contributed by atoms with Gasteiger partial charge in [0.1, 0.15) is 17.2 Å². The smallest absolute Gasteiger partial charge is 0.508 e. The highest BCUT2D eigenvalue weighted by Crippen LogP contribution is 2.26. The summed E-state index contributed by atoms with van der Waals surface area (Å²) in [4.78, 5) is 0. The second kappa shape index (κ2) is 5.82. The molecule has 0 aliphatic rings. The number of phenolic OH excluding ortho intramolecular Hbond substituents is 2. The molecule has 0 saturated carbocycles. The summed E-state index contributed by atoms with van der Waals surface area (Å²) in [5.41, 5.74) is 0.902. The lowest BCUT2D eigenvalue weighted by Crippen LogP contribution is -2.17. The fourth-order valence-electron chi connectivity index (χ4n) is 1.70. The molecule has 7 heteroatoms. The van der Waals surface area contributed by atoms with Gasteiger partial charge >= 0.3 is 6.36 Å². The lowest BCUT2D eigenvalue weighted by molar-refractivity contribution is -0.274. The Bertz CT molecular complexity index is 629. The fourth-order valence-corrected chi connectivity index (χ4v) is 1.70. The van der Waals surface area contributed by atoms with E-state index in [2.05, 4.69) is 10.1 Å². The first-order valence-electron chi connectivity index (χ1n) is 5.94. The molecule has 0 amide bonds. The normalized spacial score (nSPS) is 11.2. The van der Waals surface area contributed by atoms with Gasteiger partial charge in [-0.1, -0.05) is 6.07 Å². The summed E-state index contributed by atoms with van der Waals surface area (Å²) in [6, 6.07) is 9.47. The van der Waals surface area contributed by atoms with Crippen LogP contribution in [0.1, 0.15) is 5.56 Å². The van der Waals surface area contributed by atoms with E-state index in [1.54, 1.807) is 6.07 Å². The van der Waals surface area contributed by atoms with E-state index in [9.17, 15) is 18.3 Å². The molecular formula is C14H12F3NO3. The van der Waals surface area contributed by atoms with E-state index >= 15 is 0 Å². The third kappa shape index (κ3) is 4.48. The third-order valence-corrected chi connectivity index (χ3v) is 2.62. The van der Waals surface area contributed by atoms with Crippen LogP contribution in [0.25, 0.3) is 0 Å². The van der Waals surface area contributed by atoms with E-state index < -0.39 is 6.36 Å². The number of hydrogen-bond acceptors (Lipinski definition) is 4. The van der Waals surface area contributed by atoms with E-state index in [-0.39, 0.29) is 23.8 Å². The van der Waals surface area contributed by atoms with Crippen molar-refractivity contribution in [2.24, 2.45) is 0 Å². The highest BCUT2D eigenvalue weighted by molar-refractivity contribution is 5.50. The van der Waals surface area contributed by atoms with Crippen LogP contribution in [0.4, 0.5) is 18.9 Å². The molecule has 3 N–H and O–H groups in total. The molecular weight excluding hydrogens is 287 g/mol. The van der Waals surface area contributed by atoms with Crippen LogP contribution < -0.4 is 10.1 Å². The van der Waals surface area contributed by atoms with E-state index in [1.165, 1.54) is 36.4 Å². The van der Waals surface area contributed by atoms with Crippen molar-refractivity contribution in [3.63, 3.8) is 0 Å². The van der Waals surface area contributed by atoms with Crippen LogP contribution in [0.15, 0.2) is 42.5 Å². The molecule has 0 spiro atoms. The van der Waals surface area contributed by atoms with Gasteiger partial charge in [0.15, 0.2) is 0 Å². The number of benzene rings is 2. The summed E-state index contributed by atoms with van der Waals surface area (Å²) in [5.74, 6) is -0.510. The van der Waals surface area contributed by atoms with Crippen molar-refractivity contribution in [1.82, 2.24) is 0 Å². The molecule has 0 fully saturated rings. The maximum Gasteiger partial charge on any atom is 0.573 e. The summed E-state index contributed by atoms with van der Waals surface area (Å²) < 4.78 is 40.2. The molecule has 0 aliphatic carbocycles. The Morgan fingerprint density at radius 3 is 2.48 bits per heavy atom. The summed E-state index contributed by atoms with van der Waals surface area (Å²) in [5, 5.41) is 21.6. The molecule has 0 saturated heterocycles. The monoisotopic (exact) mass is 299 g/mol. The molecule has 0 heterocycles. The largest absolute Gasteiger partial charge is 0.573 e. The zero-order valence-corrected chi connectivity index (χ0v) is 10.7. The van der Waals surface area contributed by atoms with Gasteiger partial charge in [0.05, 0.1) is 0 Å². The highest BCUT2D eigenvalue weighted by Gasteiger charge is 2.31. The molecule has 0 unspecified atom stereocenters. The summed E-state index contributed by atoms with van der Waals surface area (Å²) >= 11 is 0. The second-order valence-corrected chi connectivity index (χ2v) is 4.24. The first kappa shape index (κ1) is 14.8. The van der Waals surface area contributed by atoms with Crippen molar-refractivity contribution in [2.45, 2.75) is 12.9 Å². The Labute approximate surface area is 118 Å². The van der Waals surface area contributed by atoms with E-state index in [0.717, 1.165) is 0 Å². The molecule has 0 aliphatic heterocycles. The van der Waals surface area contributed by atoms with Gasteiger partial charge in [-0.3, -0.25) is 0 Å². The van der Waals surface area contributed by atoms with Crippen LogP contribution in [-0.2, 0) is 6.54 Å². The minimum Gasteiger partial charge on any atom is -0.508 e. The summed E-state index contributed by atoms with van der Waals surface area (Å²) in [7, 11) is 0. The van der Waals surface area contributed by atoms with Gasteiger partial charge < -0.3 is 20.3 Å². The maximum atomic E-state index is 12.1. The van der Waals surface area contributed by atoms with Gasteiger partial charge in [-0.25, -0.2) is 0 Å². The molecule has 0 radical (unpaired) electrons. The Kier molecular flexibility index (Phi) is 4.11.